The smallest absolute Gasteiger partial charge is 0.323 e. The number of carboxylic acid groups (broad SMARTS) is 1. The van der Waals surface area contributed by atoms with Gasteiger partial charge in [0.15, 0.2) is 0 Å². The SMILES string of the molecule is CN1CCCCCC1(C)C(=O)O. The van der Waals surface area contributed by atoms with E-state index in [1.54, 1.807) is 0 Å². The van der Waals surface area contributed by atoms with Crippen molar-refractivity contribution < 1.29 is 9.90 Å². The van der Waals surface area contributed by atoms with Crippen LogP contribution in [0.15, 0.2) is 0 Å². The molecule has 0 radical (unpaired) electrons. The molecular weight excluding hydrogens is 154 g/mol. The average molecular weight is 171 g/mol. The van der Waals surface area contributed by atoms with Crippen molar-refractivity contribution in [1.82, 2.24) is 4.90 Å². The van der Waals surface area contributed by atoms with Gasteiger partial charge in [-0.3, -0.25) is 9.69 Å². The fraction of sp³-hybridized carbons (Fsp3) is 0.889. The Labute approximate surface area is 73.4 Å². The summed E-state index contributed by atoms with van der Waals surface area (Å²) in [6.07, 6.45) is 4.10. The van der Waals surface area contributed by atoms with Gasteiger partial charge in [0.25, 0.3) is 0 Å². The summed E-state index contributed by atoms with van der Waals surface area (Å²) in [4.78, 5) is 13.0. The first-order valence-electron chi connectivity index (χ1n) is 4.52. The summed E-state index contributed by atoms with van der Waals surface area (Å²) >= 11 is 0. The summed E-state index contributed by atoms with van der Waals surface area (Å²) in [6, 6.07) is 0. The Kier molecular flexibility index (Phi) is 2.73. The van der Waals surface area contributed by atoms with E-state index in [0.29, 0.717) is 0 Å². The van der Waals surface area contributed by atoms with Crippen molar-refractivity contribution in [3.8, 4) is 0 Å². The average Bonchev–Trinajstić information content (AvgIpc) is 2.16. The third-order valence-electron chi connectivity index (χ3n) is 2.96. The van der Waals surface area contributed by atoms with Crippen molar-refractivity contribution in [3.05, 3.63) is 0 Å². The Morgan fingerprint density at radius 2 is 2.08 bits per heavy atom. The molecule has 3 heteroatoms. The highest BCUT2D eigenvalue weighted by atomic mass is 16.4. The van der Waals surface area contributed by atoms with Crippen LogP contribution >= 0.6 is 0 Å². The van der Waals surface area contributed by atoms with E-state index < -0.39 is 11.5 Å². The molecule has 1 atom stereocenters. The van der Waals surface area contributed by atoms with Gasteiger partial charge in [-0.25, -0.2) is 0 Å². The summed E-state index contributed by atoms with van der Waals surface area (Å²) in [6.45, 7) is 2.73. The third kappa shape index (κ3) is 1.61. The fourth-order valence-electron chi connectivity index (χ4n) is 1.70. The number of nitrogens with zero attached hydrogens (tertiary/aromatic N) is 1. The van der Waals surface area contributed by atoms with Crippen molar-refractivity contribution >= 4 is 5.97 Å². The number of likely N-dealkylation sites (N-methyl/N-ethyl adjacent to an activating group) is 1. The largest absolute Gasteiger partial charge is 0.480 e. The van der Waals surface area contributed by atoms with Crippen LogP contribution in [0, 0.1) is 0 Å². The second-order valence-electron chi connectivity index (χ2n) is 3.81. The van der Waals surface area contributed by atoms with E-state index in [1.165, 1.54) is 0 Å². The van der Waals surface area contributed by atoms with Crippen molar-refractivity contribution in [3.63, 3.8) is 0 Å². The Morgan fingerprint density at radius 1 is 1.42 bits per heavy atom. The zero-order valence-corrected chi connectivity index (χ0v) is 7.84. The van der Waals surface area contributed by atoms with Crippen LogP contribution in [0.25, 0.3) is 0 Å². The molecular formula is C9H17NO2. The lowest BCUT2D eigenvalue weighted by Crippen LogP contribution is -2.49. The predicted octanol–water partition coefficient (Wildman–Crippen LogP) is 1.34. The Balaban J connectivity index is 2.75. The number of hydrogen-bond donors (Lipinski definition) is 1. The van der Waals surface area contributed by atoms with Gasteiger partial charge in [0.2, 0.25) is 0 Å². The predicted molar refractivity (Wildman–Crippen MR) is 47.1 cm³/mol. The topological polar surface area (TPSA) is 40.5 Å². The first-order valence-corrected chi connectivity index (χ1v) is 4.52. The summed E-state index contributed by atoms with van der Waals surface area (Å²) in [5.74, 6) is -0.688. The molecule has 1 fully saturated rings. The maximum Gasteiger partial charge on any atom is 0.323 e. The molecule has 0 aromatic rings. The highest BCUT2D eigenvalue weighted by Gasteiger charge is 2.37. The number of hydrogen-bond acceptors (Lipinski definition) is 2. The molecule has 1 rings (SSSR count). The lowest BCUT2D eigenvalue weighted by molar-refractivity contribution is -0.149. The number of aliphatic carboxylic acids is 1. The van der Waals surface area contributed by atoms with E-state index in [1.807, 2.05) is 18.9 Å². The number of carbonyl (C=O) groups is 1. The minimum absolute atomic E-state index is 0.628. The normalized spacial score (nSPS) is 32.8. The minimum Gasteiger partial charge on any atom is -0.480 e. The van der Waals surface area contributed by atoms with Gasteiger partial charge in [-0.15, -0.1) is 0 Å². The van der Waals surface area contributed by atoms with Crippen LogP contribution in [0.2, 0.25) is 0 Å². The van der Waals surface area contributed by atoms with Crippen LogP contribution in [0.3, 0.4) is 0 Å². The molecule has 0 spiro atoms. The van der Waals surface area contributed by atoms with E-state index in [-0.39, 0.29) is 0 Å². The van der Waals surface area contributed by atoms with Gasteiger partial charge in [0.05, 0.1) is 0 Å². The van der Waals surface area contributed by atoms with Crippen LogP contribution in [-0.2, 0) is 4.79 Å². The first-order chi connectivity index (χ1) is 5.57. The molecule has 1 unspecified atom stereocenters. The Morgan fingerprint density at radius 3 is 2.67 bits per heavy atom. The molecule has 0 amide bonds. The van der Waals surface area contributed by atoms with Gasteiger partial charge in [0, 0.05) is 0 Å². The summed E-state index contributed by atoms with van der Waals surface area (Å²) in [7, 11) is 1.90. The third-order valence-corrected chi connectivity index (χ3v) is 2.96. The fourth-order valence-corrected chi connectivity index (χ4v) is 1.70. The molecule has 0 aliphatic carbocycles. The van der Waals surface area contributed by atoms with Crippen molar-refractivity contribution in [2.75, 3.05) is 13.6 Å². The van der Waals surface area contributed by atoms with Gasteiger partial charge < -0.3 is 5.11 Å². The lowest BCUT2D eigenvalue weighted by Gasteiger charge is -2.32. The van der Waals surface area contributed by atoms with Crippen LogP contribution in [0.5, 0.6) is 0 Å². The molecule has 3 nitrogen and oxygen atoms in total. The molecule has 70 valence electrons. The van der Waals surface area contributed by atoms with Gasteiger partial charge in [-0.1, -0.05) is 12.8 Å². The molecule has 12 heavy (non-hydrogen) atoms. The Hall–Kier alpha value is -0.570. The van der Waals surface area contributed by atoms with Crippen molar-refractivity contribution in [2.24, 2.45) is 0 Å². The van der Waals surface area contributed by atoms with E-state index in [2.05, 4.69) is 0 Å². The van der Waals surface area contributed by atoms with Gasteiger partial charge in [-0.2, -0.15) is 0 Å². The second kappa shape index (κ2) is 3.44. The highest BCUT2D eigenvalue weighted by Crippen LogP contribution is 2.25. The van der Waals surface area contributed by atoms with Gasteiger partial charge in [-0.05, 0) is 33.4 Å². The number of likely N-dealkylation sites (tertiary alicyclic amines) is 1. The molecule has 0 aromatic heterocycles. The maximum absolute atomic E-state index is 11.0. The quantitative estimate of drug-likeness (QED) is 0.647. The molecule has 0 saturated carbocycles. The highest BCUT2D eigenvalue weighted by molar-refractivity contribution is 5.78. The van der Waals surface area contributed by atoms with Crippen molar-refractivity contribution in [1.29, 1.82) is 0 Å². The van der Waals surface area contributed by atoms with E-state index in [4.69, 9.17) is 5.11 Å². The molecule has 1 N–H and O–H groups in total. The zero-order valence-electron chi connectivity index (χ0n) is 7.84. The van der Waals surface area contributed by atoms with E-state index in [9.17, 15) is 4.79 Å². The first kappa shape index (κ1) is 9.52. The maximum atomic E-state index is 11.0. The van der Waals surface area contributed by atoms with Crippen molar-refractivity contribution in [2.45, 2.75) is 38.1 Å². The van der Waals surface area contributed by atoms with Crippen LogP contribution in [-0.4, -0.2) is 35.1 Å². The minimum atomic E-state index is -0.688. The summed E-state index contributed by atoms with van der Waals surface area (Å²) in [5.41, 5.74) is -0.628. The van der Waals surface area contributed by atoms with E-state index >= 15 is 0 Å². The van der Waals surface area contributed by atoms with Crippen LogP contribution in [0.4, 0.5) is 0 Å². The standard InChI is InChI=1S/C9H17NO2/c1-9(8(11)12)6-4-3-5-7-10(9)2/h3-7H2,1-2H3,(H,11,12). The monoisotopic (exact) mass is 171 g/mol. The number of rotatable bonds is 1. The molecule has 1 saturated heterocycles. The van der Waals surface area contributed by atoms with E-state index in [0.717, 1.165) is 32.2 Å². The van der Waals surface area contributed by atoms with Gasteiger partial charge >= 0.3 is 5.97 Å². The summed E-state index contributed by atoms with van der Waals surface area (Å²) in [5, 5.41) is 9.05. The zero-order chi connectivity index (χ0) is 9.19. The second-order valence-corrected chi connectivity index (χ2v) is 3.81. The van der Waals surface area contributed by atoms with Crippen LogP contribution < -0.4 is 0 Å². The summed E-state index contributed by atoms with van der Waals surface area (Å²) < 4.78 is 0. The van der Waals surface area contributed by atoms with Crippen LogP contribution in [0.1, 0.15) is 32.6 Å². The molecule has 1 aliphatic heterocycles. The number of carboxylic acids is 1. The molecule has 0 bridgehead atoms. The Bertz CT molecular complexity index is 181. The molecule has 1 heterocycles. The van der Waals surface area contributed by atoms with Gasteiger partial charge in [0.1, 0.15) is 5.54 Å². The molecule has 1 aliphatic rings. The molecule has 0 aromatic carbocycles. The lowest BCUT2D eigenvalue weighted by atomic mass is 9.95.